The van der Waals surface area contributed by atoms with Gasteiger partial charge in [0.1, 0.15) is 0 Å². The SMILES string of the molecule is Cc1ccc(/C=N/NC(=O)[C@H](CCCCNC(=O)c2ccccc2)N2CCCCC2)cc1. The molecule has 0 aliphatic carbocycles. The van der Waals surface area contributed by atoms with Gasteiger partial charge < -0.3 is 5.32 Å². The summed E-state index contributed by atoms with van der Waals surface area (Å²) in [6.45, 7) is 4.54. The second-order valence-corrected chi connectivity index (χ2v) is 8.38. The number of nitrogens with one attached hydrogen (secondary N) is 2. The van der Waals surface area contributed by atoms with Crippen molar-refractivity contribution in [3.63, 3.8) is 0 Å². The van der Waals surface area contributed by atoms with Crippen LogP contribution in [0.1, 0.15) is 60.0 Å². The van der Waals surface area contributed by atoms with Crippen LogP contribution in [0.4, 0.5) is 0 Å². The number of hydrazone groups is 1. The van der Waals surface area contributed by atoms with Gasteiger partial charge in [-0.25, -0.2) is 5.43 Å². The predicted molar refractivity (Wildman–Crippen MR) is 129 cm³/mol. The average molecular weight is 435 g/mol. The third-order valence-corrected chi connectivity index (χ3v) is 5.83. The Bertz CT molecular complexity index is 874. The maximum absolute atomic E-state index is 12.9. The van der Waals surface area contributed by atoms with Crippen molar-refractivity contribution in [1.82, 2.24) is 15.6 Å². The van der Waals surface area contributed by atoms with Crippen LogP contribution in [-0.2, 0) is 4.79 Å². The van der Waals surface area contributed by atoms with Gasteiger partial charge in [0.05, 0.1) is 12.3 Å². The highest BCUT2D eigenvalue weighted by molar-refractivity contribution is 5.94. The maximum atomic E-state index is 12.9. The molecule has 0 spiro atoms. The highest BCUT2D eigenvalue weighted by Crippen LogP contribution is 2.16. The first-order valence-electron chi connectivity index (χ1n) is 11.6. The highest BCUT2D eigenvalue weighted by Gasteiger charge is 2.26. The summed E-state index contributed by atoms with van der Waals surface area (Å²) in [5, 5.41) is 7.14. The van der Waals surface area contributed by atoms with Crippen molar-refractivity contribution in [2.75, 3.05) is 19.6 Å². The predicted octanol–water partition coefficient (Wildman–Crippen LogP) is 3.90. The van der Waals surface area contributed by atoms with Crippen LogP contribution in [-0.4, -0.2) is 48.6 Å². The van der Waals surface area contributed by atoms with Gasteiger partial charge in [-0.05, 0) is 69.8 Å². The molecule has 0 aromatic heterocycles. The summed E-state index contributed by atoms with van der Waals surface area (Å²) in [4.78, 5) is 27.3. The molecular formula is C26H34N4O2. The Morgan fingerprint density at radius 1 is 1.00 bits per heavy atom. The number of rotatable bonds is 10. The van der Waals surface area contributed by atoms with E-state index in [2.05, 4.69) is 20.7 Å². The molecule has 6 nitrogen and oxygen atoms in total. The minimum absolute atomic E-state index is 0.0522. The van der Waals surface area contributed by atoms with E-state index in [1.165, 1.54) is 12.0 Å². The summed E-state index contributed by atoms with van der Waals surface area (Å²) >= 11 is 0. The van der Waals surface area contributed by atoms with Crippen LogP contribution in [0.3, 0.4) is 0 Å². The zero-order chi connectivity index (χ0) is 22.6. The molecule has 0 radical (unpaired) electrons. The molecule has 1 saturated heterocycles. The van der Waals surface area contributed by atoms with E-state index in [1.807, 2.05) is 61.5 Å². The second kappa shape index (κ2) is 12.8. The Morgan fingerprint density at radius 3 is 2.44 bits per heavy atom. The summed E-state index contributed by atoms with van der Waals surface area (Å²) in [5.74, 6) is -0.107. The Balaban J connectivity index is 1.47. The fourth-order valence-corrected chi connectivity index (χ4v) is 3.96. The topological polar surface area (TPSA) is 73.8 Å². The van der Waals surface area contributed by atoms with Gasteiger partial charge in [-0.1, -0.05) is 54.4 Å². The van der Waals surface area contributed by atoms with E-state index in [1.54, 1.807) is 6.21 Å². The van der Waals surface area contributed by atoms with Crippen molar-refractivity contribution in [2.24, 2.45) is 5.10 Å². The van der Waals surface area contributed by atoms with Gasteiger partial charge in [0, 0.05) is 12.1 Å². The molecular weight excluding hydrogens is 400 g/mol. The molecule has 170 valence electrons. The zero-order valence-electron chi connectivity index (χ0n) is 18.9. The van der Waals surface area contributed by atoms with Crippen molar-refractivity contribution < 1.29 is 9.59 Å². The van der Waals surface area contributed by atoms with Crippen LogP contribution in [0.5, 0.6) is 0 Å². The third kappa shape index (κ3) is 7.61. The molecule has 2 N–H and O–H groups in total. The van der Waals surface area contributed by atoms with Gasteiger partial charge in [-0.15, -0.1) is 0 Å². The summed E-state index contributed by atoms with van der Waals surface area (Å²) in [6.07, 6.45) is 7.62. The molecule has 0 saturated carbocycles. The zero-order valence-corrected chi connectivity index (χ0v) is 18.9. The highest BCUT2D eigenvalue weighted by atomic mass is 16.2. The minimum Gasteiger partial charge on any atom is -0.352 e. The van der Waals surface area contributed by atoms with E-state index >= 15 is 0 Å². The normalized spacial score (nSPS) is 15.4. The van der Waals surface area contributed by atoms with Crippen molar-refractivity contribution >= 4 is 18.0 Å². The van der Waals surface area contributed by atoms with Crippen LogP contribution in [0.2, 0.25) is 0 Å². The average Bonchev–Trinajstić information content (AvgIpc) is 2.83. The lowest BCUT2D eigenvalue weighted by molar-refractivity contribution is -0.127. The number of nitrogens with zero attached hydrogens (tertiary/aromatic N) is 2. The number of aryl methyl sites for hydroxylation is 1. The summed E-state index contributed by atoms with van der Waals surface area (Å²) in [5.41, 5.74) is 5.56. The molecule has 1 aliphatic heterocycles. The van der Waals surface area contributed by atoms with Crippen LogP contribution < -0.4 is 10.7 Å². The number of unbranched alkanes of at least 4 members (excludes halogenated alkanes) is 1. The van der Waals surface area contributed by atoms with E-state index in [0.717, 1.165) is 50.8 Å². The molecule has 2 aromatic carbocycles. The lowest BCUT2D eigenvalue weighted by Gasteiger charge is -2.33. The molecule has 0 unspecified atom stereocenters. The molecule has 1 aliphatic rings. The Morgan fingerprint density at radius 2 is 1.72 bits per heavy atom. The standard InChI is InChI=1S/C26H34N4O2/c1-21-13-15-22(16-14-21)20-28-29-26(32)24(30-18-8-3-9-19-30)12-6-7-17-27-25(31)23-10-4-2-5-11-23/h2,4-5,10-11,13-16,20,24H,3,6-9,12,17-19H2,1H3,(H,27,31)(H,29,32)/b28-20+/t24-/m0/s1. The molecule has 1 fully saturated rings. The van der Waals surface area contributed by atoms with E-state index in [4.69, 9.17) is 0 Å². The Hall–Kier alpha value is -2.99. The number of likely N-dealkylation sites (tertiary alicyclic amines) is 1. The molecule has 3 rings (SSSR count). The van der Waals surface area contributed by atoms with E-state index in [0.29, 0.717) is 12.1 Å². The number of piperidine rings is 1. The molecule has 2 amide bonds. The maximum Gasteiger partial charge on any atom is 0.257 e. The lowest BCUT2D eigenvalue weighted by atomic mass is 10.0. The van der Waals surface area contributed by atoms with Gasteiger partial charge >= 0.3 is 0 Å². The quantitative estimate of drug-likeness (QED) is 0.338. The summed E-state index contributed by atoms with van der Waals surface area (Å²) in [6, 6.07) is 17.1. The van der Waals surface area contributed by atoms with Gasteiger partial charge in [-0.3, -0.25) is 14.5 Å². The van der Waals surface area contributed by atoms with Crippen LogP contribution >= 0.6 is 0 Å². The fourth-order valence-electron chi connectivity index (χ4n) is 3.96. The number of hydrogen-bond acceptors (Lipinski definition) is 4. The number of hydrogen-bond donors (Lipinski definition) is 2. The van der Waals surface area contributed by atoms with Crippen LogP contribution in [0.25, 0.3) is 0 Å². The lowest BCUT2D eigenvalue weighted by Crippen LogP contribution is -2.47. The molecule has 2 aromatic rings. The number of amides is 2. The molecule has 1 atom stereocenters. The first-order valence-corrected chi connectivity index (χ1v) is 11.6. The molecule has 0 bridgehead atoms. The molecule has 6 heteroatoms. The fraction of sp³-hybridized carbons (Fsp3) is 0.423. The number of benzene rings is 2. The Kier molecular flexibility index (Phi) is 9.44. The van der Waals surface area contributed by atoms with Gasteiger partial charge in [0.25, 0.3) is 11.8 Å². The van der Waals surface area contributed by atoms with Crippen molar-refractivity contribution in [1.29, 1.82) is 0 Å². The minimum atomic E-state index is -0.185. The van der Waals surface area contributed by atoms with Crippen molar-refractivity contribution in [3.8, 4) is 0 Å². The van der Waals surface area contributed by atoms with Gasteiger partial charge in [0.2, 0.25) is 0 Å². The number of carbonyl (C=O) groups is 2. The van der Waals surface area contributed by atoms with E-state index in [9.17, 15) is 9.59 Å². The summed E-state index contributed by atoms with van der Waals surface area (Å²) < 4.78 is 0. The van der Waals surface area contributed by atoms with Gasteiger partial charge in [0.15, 0.2) is 0 Å². The van der Waals surface area contributed by atoms with Crippen LogP contribution in [0.15, 0.2) is 59.7 Å². The van der Waals surface area contributed by atoms with Crippen LogP contribution in [0, 0.1) is 6.92 Å². The number of carbonyl (C=O) groups excluding carboxylic acids is 2. The smallest absolute Gasteiger partial charge is 0.257 e. The first kappa shape index (κ1) is 23.7. The summed E-state index contributed by atoms with van der Waals surface area (Å²) in [7, 11) is 0. The van der Waals surface area contributed by atoms with E-state index in [-0.39, 0.29) is 17.9 Å². The van der Waals surface area contributed by atoms with Crippen molar-refractivity contribution in [2.45, 2.75) is 51.5 Å². The molecule has 32 heavy (non-hydrogen) atoms. The largest absolute Gasteiger partial charge is 0.352 e. The van der Waals surface area contributed by atoms with Crippen molar-refractivity contribution in [3.05, 3.63) is 71.3 Å². The van der Waals surface area contributed by atoms with Gasteiger partial charge in [-0.2, -0.15) is 5.10 Å². The monoisotopic (exact) mass is 434 g/mol. The third-order valence-electron chi connectivity index (χ3n) is 5.83. The first-order chi connectivity index (χ1) is 15.6. The Labute approximate surface area is 191 Å². The second-order valence-electron chi connectivity index (χ2n) is 8.38. The van der Waals surface area contributed by atoms with E-state index < -0.39 is 0 Å². The molecule has 1 heterocycles.